The van der Waals surface area contributed by atoms with Crippen LogP contribution in [0.3, 0.4) is 0 Å². The Kier molecular flexibility index (Phi) is 2.76. The fraction of sp³-hybridized carbons (Fsp3) is 0.545. The van der Waals surface area contributed by atoms with Crippen LogP contribution < -0.4 is 5.56 Å². The third kappa shape index (κ3) is 1.98. The number of aromatic nitrogens is 1. The lowest BCUT2D eigenvalue weighted by molar-refractivity contribution is -0.0114. The van der Waals surface area contributed by atoms with Crippen LogP contribution in [0.25, 0.3) is 0 Å². The lowest BCUT2D eigenvalue weighted by Crippen LogP contribution is -2.45. The van der Waals surface area contributed by atoms with E-state index in [0.717, 1.165) is 12.8 Å². The van der Waals surface area contributed by atoms with Crippen molar-refractivity contribution >= 4 is 10.0 Å². The Morgan fingerprint density at radius 1 is 1.22 bits per heavy atom. The van der Waals surface area contributed by atoms with E-state index in [1.54, 1.807) is 0 Å². The third-order valence-electron chi connectivity index (χ3n) is 3.40. The van der Waals surface area contributed by atoms with Gasteiger partial charge in [-0.25, -0.2) is 8.42 Å². The number of nitrogens with zero attached hydrogens (tertiary/aromatic N) is 1. The van der Waals surface area contributed by atoms with E-state index in [0.29, 0.717) is 13.1 Å². The van der Waals surface area contributed by atoms with Crippen LogP contribution in [-0.4, -0.2) is 43.0 Å². The van der Waals surface area contributed by atoms with Crippen LogP contribution in [0.5, 0.6) is 0 Å². The van der Waals surface area contributed by atoms with Gasteiger partial charge in [-0.05, 0) is 18.9 Å². The highest BCUT2D eigenvalue weighted by Crippen LogP contribution is 2.29. The molecule has 2 aliphatic rings. The molecule has 1 aromatic rings. The summed E-state index contributed by atoms with van der Waals surface area (Å²) in [5.74, 6) is 0. The topological polar surface area (TPSA) is 79.5 Å². The fourth-order valence-electron chi connectivity index (χ4n) is 2.48. The second kappa shape index (κ2) is 4.18. The van der Waals surface area contributed by atoms with Crippen molar-refractivity contribution in [3.63, 3.8) is 0 Å². The molecule has 98 valence electrons. The Balaban J connectivity index is 1.90. The molecule has 2 fully saturated rings. The van der Waals surface area contributed by atoms with Gasteiger partial charge in [-0.1, -0.05) is 0 Å². The summed E-state index contributed by atoms with van der Waals surface area (Å²) in [6.45, 7) is 0.802. The molecule has 2 unspecified atom stereocenters. The van der Waals surface area contributed by atoms with E-state index >= 15 is 0 Å². The number of hydrogen-bond acceptors (Lipinski definition) is 4. The number of rotatable bonds is 2. The first-order valence-electron chi connectivity index (χ1n) is 5.90. The van der Waals surface area contributed by atoms with Crippen molar-refractivity contribution in [1.82, 2.24) is 9.29 Å². The maximum atomic E-state index is 12.4. The second-order valence-electron chi connectivity index (χ2n) is 4.67. The molecule has 7 heteroatoms. The highest BCUT2D eigenvalue weighted by molar-refractivity contribution is 7.89. The summed E-state index contributed by atoms with van der Waals surface area (Å²) in [4.78, 5) is 13.5. The summed E-state index contributed by atoms with van der Waals surface area (Å²) in [6, 6.07) is 2.56. The predicted octanol–water partition coefficient (Wildman–Crippen LogP) is -0.0732. The summed E-state index contributed by atoms with van der Waals surface area (Å²) in [6.07, 6.45) is 3.11. The smallest absolute Gasteiger partial charge is 0.247 e. The molecule has 3 heterocycles. The van der Waals surface area contributed by atoms with Crippen LogP contribution in [-0.2, 0) is 14.8 Å². The summed E-state index contributed by atoms with van der Waals surface area (Å²) < 4.78 is 31.8. The number of nitrogens with one attached hydrogen (secondary N) is 1. The highest BCUT2D eigenvalue weighted by atomic mass is 32.2. The minimum atomic E-state index is -3.52. The monoisotopic (exact) mass is 270 g/mol. The molecule has 18 heavy (non-hydrogen) atoms. The molecular weight excluding hydrogens is 256 g/mol. The van der Waals surface area contributed by atoms with Gasteiger partial charge in [0.15, 0.2) is 0 Å². The van der Waals surface area contributed by atoms with Crippen LogP contribution in [0, 0.1) is 0 Å². The van der Waals surface area contributed by atoms with E-state index in [4.69, 9.17) is 4.74 Å². The van der Waals surface area contributed by atoms with Crippen molar-refractivity contribution in [2.45, 2.75) is 29.9 Å². The van der Waals surface area contributed by atoms with Crippen LogP contribution in [0.1, 0.15) is 12.8 Å². The SMILES string of the molecule is O=c1ccc(S(=O)(=O)N2CC3CCC(C2)O3)c[nH]1. The number of fused-ring (bicyclic) bond motifs is 2. The van der Waals surface area contributed by atoms with E-state index in [2.05, 4.69) is 4.98 Å². The van der Waals surface area contributed by atoms with E-state index in [-0.39, 0.29) is 22.7 Å². The van der Waals surface area contributed by atoms with E-state index in [1.807, 2.05) is 0 Å². The van der Waals surface area contributed by atoms with Gasteiger partial charge < -0.3 is 9.72 Å². The maximum absolute atomic E-state index is 12.4. The Bertz CT molecular complexity index is 577. The summed E-state index contributed by atoms with van der Waals surface area (Å²) in [7, 11) is -3.52. The van der Waals surface area contributed by atoms with E-state index in [1.165, 1.54) is 22.6 Å². The van der Waals surface area contributed by atoms with Gasteiger partial charge in [-0.2, -0.15) is 4.31 Å². The first kappa shape index (κ1) is 11.9. The van der Waals surface area contributed by atoms with Gasteiger partial charge in [-0.15, -0.1) is 0 Å². The zero-order valence-corrected chi connectivity index (χ0v) is 10.5. The number of morpholine rings is 1. The zero-order chi connectivity index (χ0) is 12.8. The van der Waals surface area contributed by atoms with Crippen molar-refractivity contribution in [1.29, 1.82) is 0 Å². The molecule has 6 nitrogen and oxygen atoms in total. The Morgan fingerprint density at radius 2 is 1.89 bits per heavy atom. The number of aromatic amines is 1. The van der Waals surface area contributed by atoms with E-state index < -0.39 is 10.0 Å². The number of sulfonamides is 1. The van der Waals surface area contributed by atoms with Crippen LogP contribution in [0.15, 0.2) is 28.0 Å². The molecule has 0 saturated carbocycles. The standard InChI is InChI=1S/C11H14N2O4S/c14-11-4-3-10(5-12-11)18(15,16)13-6-8-1-2-9(7-13)17-8/h3-5,8-9H,1-2,6-7H2,(H,12,14). The van der Waals surface area contributed by atoms with Crippen LogP contribution in [0.2, 0.25) is 0 Å². The van der Waals surface area contributed by atoms with Gasteiger partial charge in [0.05, 0.1) is 17.1 Å². The molecule has 0 amide bonds. The molecule has 2 bridgehead atoms. The Hall–Kier alpha value is -1.18. The molecule has 3 rings (SSSR count). The number of hydrogen-bond donors (Lipinski definition) is 1. The second-order valence-corrected chi connectivity index (χ2v) is 6.61. The first-order chi connectivity index (χ1) is 8.55. The average Bonchev–Trinajstić information content (AvgIpc) is 2.68. The molecule has 0 aromatic carbocycles. The van der Waals surface area contributed by atoms with Crippen molar-refractivity contribution in [3.05, 3.63) is 28.7 Å². The van der Waals surface area contributed by atoms with Gasteiger partial charge >= 0.3 is 0 Å². The maximum Gasteiger partial charge on any atom is 0.247 e. The number of pyridine rings is 1. The van der Waals surface area contributed by atoms with Gasteiger partial charge in [0.25, 0.3) is 0 Å². The normalized spacial score (nSPS) is 28.4. The third-order valence-corrected chi connectivity index (χ3v) is 5.23. The fourth-order valence-corrected chi connectivity index (χ4v) is 3.95. The predicted molar refractivity (Wildman–Crippen MR) is 63.7 cm³/mol. The quantitative estimate of drug-likeness (QED) is 0.815. The molecular formula is C11H14N2O4S. The van der Waals surface area contributed by atoms with Gasteiger partial charge in [0.1, 0.15) is 0 Å². The lowest BCUT2D eigenvalue weighted by atomic mass is 10.2. The largest absolute Gasteiger partial charge is 0.372 e. The molecule has 1 N–H and O–H groups in total. The lowest BCUT2D eigenvalue weighted by Gasteiger charge is -2.31. The highest BCUT2D eigenvalue weighted by Gasteiger charge is 2.39. The van der Waals surface area contributed by atoms with E-state index in [9.17, 15) is 13.2 Å². The molecule has 0 aliphatic carbocycles. The van der Waals surface area contributed by atoms with Gasteiger partial charge in [-0.3, -0.25) is 4.79 Å². The zero-order valence-electron chi connectivity index (χ0n) is 9.70. The molecule has 2 atom stereocenters. The minimum absolute atomic E-state index is 0.0151. The van der Waals surface area contributed by atoms with Crippen LogP contribution >= 0.6 is 0 Å². The molecule has 1 aromatic heterocycles. The summed E-state index contributed by atoms with van der Waals surface area (Å²) in [5, 5.41) is 0. The average molecular weight is 270 g/mol. The van der Waals surface area contributed by atoms with Gasteiger partial charge in [0, 0.05) is 25.4 Å². The van der Waals surface area contributed by atoms with Crippen molar-refractivity contribution < 1.29 is 13.2 Å². The number of H-pyrrole nitrogens is 1. The Labute approximate surface area is 105 Å². The van der Waals surface area contributed by atoms with Crippen molar-refractivity contribution in [3.8, 4) is 0 Å². The van der Waals surface area contributed by atoms with Gasteiger partial charge in [0.2, 0.25) is 15.6 Å². The van der Waals surface area contributed by atoms with Crippen molar-refractivity contribution in [2.75, 3.05) is 13.1 Å². The Morgan fingerprint density at radius 3 is 2.44 bits per heavy atom. The molecule has 0 radical (unpaired) electrons. The van der Waals surface area contributed by atoms with Crippen LogP contribution in [0.4, 0.5) is 0 Å². The first-order valence-corrected chi connectivity index (χ1v) is 7.34. The molecule has 0 spiro atoms. The summed E-state index contributed by atoms with van der Waals surface area (Å²) >= 11 is 0. The molecule has 2 aliphatic heterocycles. The number of ether oxygens (including phenoxy) is 1. The summed E-state index contributed by atoms with van der Waals surface area (Å²) in [5.41, 5.74) is -0.309. The minimum Gasteiger partial charge on any atom is -0.372 e. The van der Waals surface area contributed by atoms with Crippen molar-refractivity contribution in [2.24, 2.45) is 0 Å². The molecule has 2 saturated heterocycles.